The predicted octanol–water partition coefficient (Wildman–Crippen LogP) is 3.58. The van der Waals surface area contributed by atoms with E-state index in [1.54, 1.807) is 10.6 Å². The Kier molecular flexibility index (Phi) is 9.73. The van der Waals surface area contributed by atoms with Crippen LogP contribution in [0.25, 0.3) is 16.6 Å². The van der Waals surface area contributed by atoms with Crippen molar-refractivity contribution in [2.24, 2.45) is 5.92 Å². The third kappa shape index (κ3) is 7.36. The van der Waals surface area contributed by atoms with Gasteiger partial charge in [0, 0.05) is 29.5 Å². The van der Waals surface area contributed by atoms with Crippen molar-refractivity contribution in [2.45, 2.75) is 125 Å². The number of nitrogens with zero attached hydrogens (tertiary/aromatic N) is 4. The van der Waals surface area contributed by atoms with Crippen molar-refractivity contribution in [1.82, 2.24) is 34.9 Å². The highest BCUT2D eigenvalue weighted by Crippen LogP contribution is 2.46. The Balaban J connectivity index is 1.10. The molecule has 54 heavy (non-hydrogen) atoms. The second-order valence-electron chi connectivity index (χ2n) is 15.5. The highest BCUT2D eigenvalue weighted by molar-refractivity contribution is 7.91. The van der Waals surface area contributed by atoms with Crippen molar-refractivity contribution < 1.29 is 37.1 Å². The summed E-state index contributed by atoms with van der Waals surface area (Å²) in [6.45, 7) is 1.86. The van der Waals surface area contributed by atoms with Gasteiger partial charge in [-0.15, -0.1) is 0 Å². The molecule has 5 aliphatic rings. The molecule has 0 bridgehead atoms. The average molecular weight is 762 g/mol. The highest BCUT2D eigenvalue weighted by atomic mass is 32.2. The molecule has 4 heterocycles. The molecule has 0 radical (unpaired) electrons. The van der Waals surface area contributed by atoms with E-state index in [-0.39, 0.29) is 25.5 Å². The van der Waals surface area contributed by atoms with Crippen LogP contribution in [0.5, 0.6) is 5.88 Å². The minimum absolute atomic E-state index is 0.00894. The molecule has 3 saturated carbocycles. The smallest absolute Gasteiger partial charge is 0.408 e. The zero-order chi connectivity index (χ0) is 37.6. The van der Waals surface area contributed by atoms with E-state index in [4.69, 9.17) is 14.6 Å². The van der Waals surface area contributed by atoms with Crippen molar-refractivity contribution in [3.05, 3.63) is 48.2 Å². The molecule has 1 aromatic carbocycles. The zero-order valence-corrected chi connectivity index (χ0v) is 31.2. The first-order chi connectivity index (χ1) is 26.0. The zero-order valence-electron chi connectivity index (χ0n) is 30.4. The molecule has 3 N–H and O–H groups in total. The van der Waals surface area contributed by atoms with Crippen LogP contribution in [-0.2, 0) is 29.1 Å². The molecule has 15 nitrogen and oxygen atoms in total. The van der Waals surface area contributed by atoms with E-state index in [9.17, 15) is 27.6 Å². The largest absolute Gasteiger partial charge is 0.472 e. The lowest BCUT2D eigenvalue weighted by Crippen LogP contribution is -2.58. The number of fused-ring (bicyclic) bond motifs is 5. The quantitative estimate of drug-likeness (QED) is 0.300. The summed E-state index contributed by atoms with van der Waals surface area (Å²) in [6, 6.07) is 7.30. The average Bonchev–Trinajstić information content (AvgIpc) is 3.95. The molecule has 16 heteroatoms. The number of carbonyl (C=O) groups is 4. The molecule has 2 aliphatic heterocycles. The first kappa shape index (κ1) is 36.3. The monoisotopic (exact) mass is 761 g/mol. The van der Waals surface area contributed by atoms with Gasteiger partial charge in [-0.3, -0.25) is 19.1 Å². The molecule has 4 fully saturated rings. The molecule has 3 aliphatic carbocycles. The molecule has 2 aromatic heterocycles. The number of aromatic nitrogens is 3. The standard InChI is InChI=1S/C38H47N7O8S/c1-23-19-32(45-33(39-23)28-14-9-10-15-29(28)42-45)52-26-20-31-34(46)41-38(36(48)43-54(50,51)27-17-18-27)21-24(38)11-5-3-2-4-6-16-30(35(47)44(31)22-26)40-37(49)53-25-12-7-8-13-25/h5,9-11,14-15,19,24-27,30-31H,2-4,6-8,12-13,16-18,20-22H2,1H3,(H,40,49)(H,41,46)(H,43,48)/b11-5-/t24-,26+,30-,31-,38+/m0/s1. The van der Waals surface area contributed by atoms with Crippen LogP contribution < -0.4 is 20.1 Å². The summed E-state index contributed by atoms with van der Waals surface area (Å²) in [5, 5.41) is 10.6. The Morgan fingerprint density at radius 3 is 2.57 bits per heavy atom. The van der Waals surface area contributed by atoms with Crippen molar-refractivity contribution in [2.75, 3.05) is 6.54 Å². The van der Waals surface area contributed by atoms with Crippen molar-refractivity contribution in [3.63, 3.8) is 0 Å². The van der Waals surface area contributed by atoms with E-state index in [2.05, 4.69) is 20.3 Å². The van der Waals surface area contributed by atoms with E-state index in [1.807, 2.05) is 43.3 Å². The first-order valence-corrected chi connectivity index (χ1v) is 20.8. The summed E-state index contributed by atoms with van der Waals surface area (Å²) in [5.74, 6) is -1.87. The maximum absolute atomic E-state index is 14.6. The number of hydrogen-bond acceptors (Lipinski definition) is 10. The number of benzene rings is 1. The van der Waals surface area contributed by atoms with Crippen LogP contribution in [0.15, 0.2) is 42.5 Å². The maximum atomic E-state index is 14.6. The van der Waals surface area contributed by atoms with Crippen LogP contribution >= 0.6 is 0 Å². The Morgan fingerprint density at radius 2 is 1.78 bits per heavy atom. The van der Waals surface area contributed by atoms with Gasteiger partial charge in [0.05, 0.1) is 17.3 Å². The molecule has 0 unspecified atom stereocenters. The molecular formula is C38H47N7O8S. The number of carbonyl (C=O) groups excluding carboxylic acids is 4. The normalized spacial score (nSPS) is 28.7. The Hall–Kier alpha value is -4.73. The van der Waals surface area contributed by atoms with Gasteiger partial charge in [-0.2, -0.15) is 9.61 Å². The summed E-state index contributed by atoms with van der Waals surface area (Å²) >= 11 is 0. The van der Waals surface area contributed by atoms with E-state index >= 15 is 0 Å². The highest BCUT2D eigenvalue weighted by Gasteiger charge is 2.62. The van der Waals surface area contributed by atoms with Gasteiger partial charge in [0.1, 0.15) is 29.8 Å². The van der Waals surface area contributed by atoms with Crippen LogP contribution in [0.2, 0.25) is 0 Å². The predicted molar refractivity (Wildman–Crippen MR) is 197 cm³/mol. The van der Waals surface area contributed by atoms with Crippen LogP contribution in [0, 0.1) is 12.8 Å². The van der Waals surface area contributed by atoms with Gasteiger partial charge in [-0.05, 0) is 83.3 Å². The number of nitrogens with one attached hydrogen (secondary N) is 3. The summed E-state index contributed by atoms with van der Waals surface area (Å²) in [5.41, 5.74) is 0.536. The first-order valence-electron chi connectivity index (χ1n) is 19.2. The molecule has 1 saturated heterocycles. The number of amides is 4. The third-order valence-electron chi connectivity index (χ3n) is 11.4. The van der Waals surface area contributed by atoms with Crippen LogP contribution in [0.1, 0.15) is 89.2 Å². The minimum atomic E-state index is -3.88. The van der Waals surface area contributed by atoms with Crippen LogP contribution in [0.4, 0.5) is 4.79 Å². The van der Waals surface area contributed by atoms with Crippen molar-refractivity contribution >= 4 is 50.4 Å². The lowest BCUT2D eigenvalue weighted by atomic mass is 10.0. The molecule has 8 rings (SSSR count). The fourth-order valence-corrected chi connectivity index (χ4v) is 9.52. The van der Waals surface area contributed by atoms with Gasteiger partial charge < -0.3 is 25.0 Å². The van der Waals surface area contributed by atoms with E-state index in [0.29, 0.717) is 49.3 Å². The molecule has 0 spiro atoms. The Bertz CT molecular complexity index is 2110. The van der Waals surface area contributed by atoms with Crippen molar-refractivity contribution in [1.29, 1.82) is 0 Å². The summed E-state index contributed by atoms with van der Waals surface area (Å²) < 4.78 is 41.8. The molecular weight excluding hydrogens is 715 g/mol. The van der Waals surface area contributed by atoms with E-state index in [1.165, 1.54) is 4.90 Å². The molecule has 288 valence electrons. The lowest BCUT2D eigenvalue weighted by Gasteiger charge is -2.30. The molecule has 5 atom stereocenters. The Labute approximate surface area is 313 Å². The topological polar surface area (TPSA) is 190 Å². The third-order valence-corrected chi connectivity index (χ3v) is 13.2. The van der Waals surface area contributed by atoms with Gasteiger partial charge >= 0.3 is 6.09 Å². The Morgan fingerprint density at radius 1 is 1.00 bits per heavy atom. The SMILES string of the molecule is Cc1cc(O[C@@H]2C[C@H]3C(=O)N[C@]4(C(=O)NS(=O)(=O)C5CC5)C[C@@H]4/C=C\CCCCC[C@H](NC(=O)OC4CCCC4)C(=O)N3C2)n2nc3ccccc3c2n1. The number of ether oxygens (including phenoxy) is 2. The van der Waals surface area contributed by atoms with Gasteiger partial charge in [0.15, 0.2) is 5.65 Å². The summed E-state index contributed by atoms with van der Waals surface area (Å²) in [6.07, 6.45) is 10.3. The second kappa shape index (κ2) is 14.5. The van der Waals surface area contributed by atoms with Gasteiger partial charge in [-0.1, -0.05) is 37.1 Å². The fourth-order valence-electron chi connectivity index (χ4n) is 8.16. The second-order valence-corrected chi connectivity index (χ2v) is 17.5. The number of allylic oxidation sites excluding steroid dienone is 1. The number of aryl methyl sites for hydroxylation is 1. The molecule has 4 amide bonds. The number of hydrogen-bond donors (Lipinski definition) is 3. The van der Waals surface area contributed by atoms with Crippen LogP contribution in [0.3, 0.4) is 0 Å². The molecule has 3 aromatic rings. The number of rotatable bonds is 7. The number of alkyl carbamates (subject to hydrolysis) is 1. The van der Waals surface area contributed by atoms with Gasteiger partial charge in [0.25, 0.3) is 5.91 Å². The summed E-state index contributed by atoms with van der Waals surface area (Å²) in [7, 11) is -3.88. The van der Waals surface area contributed by atoms with Crippen molar-refractivity contribution in [3.8, 4) is 5.88 Å². The summed E-state index contributed by atoms with van der Waals surface area (Å²) in [4.78, 5) is 62.0. The van der Waals surface area contributed by atoms with Crippen LogP contribution in [-0.4, -0.2) is 93.4 Å². The maximum Gasteiger partial charge on any atom is 0.408 e. The fraction of sp³-hybridized carbons (Fsp3) is 0.579. The minimum Gasteiger partial charge on any atom is -0.472 e. The van der Waals surface area contributed by atoms with E-state index < -0.39 is 68.7 Å². The van der Waals surface area contributed by atoms with Gasteiger partial charge in [0.2, 0.25) is 27.7 Å². The number of sulfonamides is 1. The van der Waals surface area contributed by atoms with E-state index in [0.717, 1.165) is 49.4 Å². The van der Waals surface area contributed by atoms with Gasteiger partial charge in [-0.25, -0.2) is 18.2 Å². The lowest BCUT2D eigenvalue weighted by molar-refractivity contribution is -0.141.